The average molecular weight is 267 g/mol. The molecule has 0 fully saturated rings. The smallest absolute Gasteiger partial charge is 0.146 e. The molecular formula is C16H17N3O. The molecule has 20 heavy (non-hydrogen) atoms. The van der Waals surface area contributed by atoms with Crippen LogP contribution in [0.25, 0.3) is 11.3 Å². The summed E-state index contributed by atoms with van der Waals surface area (Å²) < 4.78 is 5.16. The highest BCUT2D eigenvalue weighted by Crippen LogP contribution is 2.28. The molecule has 102 valence electrons. The minimum Gasteiger partial charge on any atom is -0.497 e. The molecule has 2 aromatic rings. The largest absolute Gasteiger partial charge is 0.497 e. The van der Waals surface area contributed by atoms with Crippen molar-refractivity contribution in [3.63, 3.8) is 0 Å². The Bertz CT molecular complexity index is 655. The van der Waals surface area contributed by atoms with Gasteiger partial charge in [0.15, 0.2) is 0 Å². The van der Waals surface area contributed by atoms with E-state index < -0.39 is 0 Å². The number of ether oxygens (including phenoxy) is 1. The number of anilines is 1. The Hall–Kier alpha value is -2.54. The second-order valence-corrected chi connectivity index (χ2v) is 4.76. The van der Waals surface area contributed by atoms with Gasteiger partial charge < -0.3 is 9.64 Å². The average Bonchev–Trinajstić information content (AvgIpc) is 2.46. The van der Waals surface area contributed by atoms with Crippen molar-refractivity contribution < 1.29 is 4.74 Å². The number of hydrogen-bond donors (Lipinski definition) is 0. The number of hydrogen-bond acceptors (Lipinski definition) is 4. The lowest BCUT2D eigenvalue weighted by Crippen LogP contribution is -2.13. The van der Waals surface area contributed by atoms with Gasteiger partial charge in [-0.3, -0.25) is 0 Å². The van der Waals surface area contributed by atoms with Gasteiger partial charge in [0.2, 0.25) is 0 Å². The van der Waals surface area contributed by atoms with E-state index in [0.717, 1.165) is 22.6 Å². The SMILES string of the molecule is COc1ccc(-c2nc(N(C)C)c(C#N)cc2C)cc1. The molecule has 0 amide bonds. The highest BCUT2D eigenvalue weighted by atomic mass is 16.5. The van der Waals surface area contributed by atoms with Gasteiger partial charge in [-0.1, -0.05) is 0 Å². The fourth-order valence-electron chi connectivity index (χ4n) is 2.07. The molecule has 0 saturated heterocycles. The second kappa shape index (κ2) is 5.62. The zero-order chi connectivity index (χ0) is 14.7. The standard InChI is InChI=1S/C16H17N3O/c1-11-9-13(10-17)16(19(2)3)18-15(11)12-5-7-14(20-4)8-6-12/h5-9H,1-4H3. The number of aromatic nitrogens is 1. The van der Waals surface area contributed by atoms with Crippen LogP contribution in [0.15, 0.2) is 30.3 Å². The summed E-state index contributed by atoms with van der Waals surface area (Å²) in [5, 5.41) is 9.19. The van der Waals surface area contributed by atoms with Gasteiger partial charge in [0.25, 0.3) is 0 Å². The van der Waals surface area contributed by atoms with Crippen LogP contribution >= 0.6 is 0 Å². The lowest BCUT2D eigenvalue weighted by atomic mass is 10.0. The summed E-state index contributed by atoms with van der Waals surface area (Å²) in [5.41, 5.74) is 3.47. The molecule has 1 aromatic carbocycles. The van der Waals surface area contributed by atoms with Crippen LogP contribution in [0.4, 0.5) is 5.82 Å². The molecule has 1 aromatic heterocycles. The summed E-state index contributed by atoms with van der Waals surface area (Å²) in [6, 6.07) is 11.8. The van der Waals surface area contributed by atoms with Crippen molar-refractivity contribution in [1.82, 2.24) is 4.98 Å². The molecule has 0 spiro atoms. The molecule has 0 aliphatic rings. The minimum absolute atomic E-state index is 0.588. The van der Waals surface area contributed by atoms with Crippen molar-refractivity contribution in [1.29, 1.82) is 5.26 Å². The molecule has 4 heteroatoms. The molecular weight excluding hydrogens is 250 g/mol. The first-order valence-corrected chi connectivity index (χ1v) is 6.30. The van der Waals surface area contributed by atoms with Crippen LogP contribution < -0.4 is 9.64 Å². The van der Waals surface area contributed by atoms with E-state index in [1.807, 2.05) is 56.3 Å². The maximum atomic E-state index is 9.19. The quantitative estimate of drug-likeness (QED) is 0.857. The number of nitrogens with zero attached hydrogens (tertiary/aromatic N) is 3. The van der Waals surface area contributed by atoms with Gasteiger partial charge in [0, 0.05) is 19.7 Å². The summed E-state index contributed by atoms with van der Waals surface area (Å²) in [7, 11) is 5.41. The summed E-state index contributed by atoms with van der Waals surface area (Å²) in [4.78, 5) is 6.48. The third-order valence-corrected chi connectivity index (χ3v) is 3.10. The van der Waals surface area contributed by atoms with E-state index >= 15 is 0 Å². The molecule has 0 N–H and O–H groups in total. The van der Waals surface area contributed by atoms with Crippen LogP contribution in [0.2, 0.25) is 0 Å². The predicted octanol–water partition coefficient (Wildman–Crippen LogP) is 3.00. The zero-order valence-corrected chi connectivity index (χ0v) is 12.1. The van der Waals surface area contributed by atoms with Crippen LogP contribution in [0, 0.1) is 18.3 Å². The van der Waals surface area contributed by atoms with E-state index in [-0.39, 0.29) is 0 Å². The maximum Gasteiger partial charge on any atom is 0.146 e. The summed E-state index contributed by atoms with van der Waals surface area (Å²) in [6.07, 6.45) is 0. The van der Waals surface area contributed by atoms with E-state index in [4.69, 9.17) is 4.74 Å². The topological polar surface area (TPSA) is 49.1 Å². The molecule has 2 rings (SSSR count). The normalized spacial score (nSPS) is 9.95. The molecule has 0 aliphatic carbocycles. The van der Waals surface area contributed by atoms with Crippen molar-refractivity contribution in [3.05, 3.63) is 41.5 Å². The van der Waals surface area contributed by atoms with Crippen molar-refractivity contribution in [3.8, 4) is 23.1 Å². The van der Waals surface area contributed by atoms with E-state index in [1.54, 1.807) is 7.11 Å². The maximum absolute atomic E-state index is 9.19. The van der Waals surface area contributed by atoms with E-state index in [2.05, 4.69) is 11.1 Å². The third kappa shape index (κ3) is 2.57. The van der Waals surface area contributed by atoms with Crippen LogP contribution in [-0.2, 0) is 0 Å². The summed E-state index contributed by atoms with van der Waals surface area (Å²) in [5.74, 6) is 1.50. The van der Waals surface area contributed by atoms with Gasteiger partial charge in [-0.25, -0.2) is 4.98 Å². The summed E-state index contributed by atoms with van der Waals surface area (Å²) >= 11 is 0. The number of pyridine rings is 1. The zero-order valence-electron chi connectivity index (χ0n) is 12.1. The molecule has 0 unspecified atom stereocenters. The second-order valence-electron chi connectivity index (χ2n) is 4.76. The number of aryl methyl sites for hydroxylation is 1. The molecule has 0 atom stereocenters. The lowest BCUT2D eigenvalue weighted by Gasteiger charge is -2.16. The number of benzene rings is 1. The van der Waals surface area contributed by atoms with Crippen LogP contribution in [0.3, 0.4) is 0 Å². The Morgan fingerprint density at radius 1 is 1.20 bits per heavy atom. The predicted molar refractivity (Wildman–Crippen MR) is 80.0 cm³/mol. The van der Waals surface area contributed by atoms with E-state index in [9.17, 15) is 5.26 Å². The van der Waals surface area contributed by atoms with Gasteiger partial charge in [0.1, 0.15) is 17.6 Å². The molecule has 4 nitrogen and oxygen atoms in total. The van der Waals surface area contributed by atoms with Gasteiger partial charge in [-0.15, -0.1) is 0 Å². The highest BCUT2D eigenvalue weighted by molar-refractivity contribution is 5.69. The Balaban J connectivity index is 2.56. The fraction of sp³-hybridized carbons (Fsp3) is 0.250. The van der Waals surface area contributed by atoms with E-state index in [1.165, 1.54) is 0 Å². The van der Waals surface area contributed by atoms with Gasteiger partial charge in [0.05, 0.1) is 18.4 Å². The fourth-order valence-corrected chi connectivity index (χ4v) is 2.07. The van der Waals surface area contributed by atoms with Gasteiger partial charge in [-0.2, -0.15) is 5.26 Å². The van der Waals surface area contributed by atoms with Crippen LogP contribution in [0.5, 0.6) is 5.75 Å². The molecule has 0 aliphatic heterocycles. The van der Waals surface area contributed by atoms with Crippen molar-refractivity contribution >= 4 is 5.82 Å². The van der Waals surface area contributed by atoms with Crippen LogP contribution in [-0.4, -0.2) is 26.2 Å². The first-order valence-electron chi connectivity index (χ1n) is 6.30. The van der Waals surface area contributed by atoms with Crippen LogP contribution in [0.1, 0.15) is 11.1 Å². The molecule has 1 heterocycles. The Kier molecular flexibility index (Phi) is 3.90. The van der Waals surface area contributed by atoms with Crippen molar-refractivity contribution in [2.24, 2.45) is 0 Å². The Labute approximate surface area is 119 Å². The number of rotatable bonds is 3. The first kappa shape index (κ1) is 13.9. The van der Waals surface area contributed by atoms with Gasteiger partial charge in [-0.05, 0) is 42.8 Å². The molecule has 0 saturated carbocycles. The first-order chi connectivity index (χ1) is 9.56. The minimum atomic E-state index is 0.588. The lowest BCUT2D eigenvalue weighted by molar-refractivity contribution is 0.415. The summed E-state index contributed by atoms with van der Waals surface area (Å²) in [6.45, 7) is 1.97. The Morgan fingerprint density at radius 3 is 2.35 bits per heavy atom. The monoisotopic (exact) mass is 267 g/mol. The number of nitriles is 1. The third-order valence-electron chi connectivity index (χ3n) is 3.10. The van der Waals surface area contributed by atoms with Crippen molar-refractivity contribution in [2.45, 2.75) is 6.92 Å². The number of methoxy groups -OCH3 is 1. The molecule has 0 bridgehead atoms. The van der Waals surface area contributed by atoms with Crippen molar-refractivity contribution in [2.75, 3.05) is 26.1 Å². The van der Waals surface area contributed by atoms with E-state index in [0.29, 0.717) is 11.4 Å². The molecule has 0 radical (unpaired) electrons. The Morgan fingerprint density at radius 2 is 1.85 bits per heavy atom. The van der Waals surface area contributed by atoms with Gasteiger partial charge >= 0.3 is 0 Å². The highest BCUT2D eigenvalue weighted by Gasteiger charge is 2.12.